The lowest BCUT2D eigenvalue weighted by Gasteiger charge is -2.43. The van der Waals surface area contributed by atoms with E-state index in [1.165, 1.54) is 31.5 Å². The summed E-state index contributed by atoms with van der Waals surface area (Å²) in [5.41, 5.74) is 5.49. The Kier molecular flexibility index (Phi) is 7.19. The van der Waals surface area contributed by atoms with Gasteiger partial charge in [-0.2, -0.15) is 0 Å². The van der Waals surface area contributed by atoms with Crippen molar-refractivity contribution in [2.24, 2.45) is 5.92 Å². The van der Waals surface area contributed by atoms with Crippen molar-refractivity contribution in [2.75, 3.05) is 18.2 Å². The average molecular weight is 510 g/mol. The largest absolute Gasteiger partial charge is 0.464 e. The van der Waals surface area contributed by atoms with Crippen molar-refractivity contribution in [3.05, 3.63) is 65.5 Å². The van der Waals surface area contributed by atoms with Gasteiger partial charge in [0.1, 0.15) is 11.4 Å². The van der Waals surface area contributed by atoms with Crippen LogP contribution in [-0.2, 0) is 4.74 Å². The summed E-state index contributed by atoms with van der Waals surface area (Å²) >= 11 is 0. The number of methoxy groups -OCH3 is 1. The van der Waals surface area contributed by atoms with Crippen molar-refractivity contribution in [2.45, 2.75) is 44.3 Å². The Morgan fingerprint density at radius 2 is 1.95 bits per heavy atom. The number of ether oxygens (including phenoxy) is 1. The third-order valence-corrected chi connectivity index (χ3v) is 6.99. The number of anilines is 2. The second-order valence-corrected chi connectivity index (χ2v) is 9.38. The number of rotatable bonds is 5. The van der Waals surface area contributed by atoms with Gasteiger partial charge in [0.2, 0.25) is 0 Å². The molecule has 37 heavy (non-hydrogen) atoms. The zero-order chi connectivity index (χ0) is 26.9. The second-order valence-electron chi connectivity index (χ2n) is 9.38. The molecule has 0 spiro atoms. The van der Waals surface area contributed by atoms with Gasteiger partial charge < -0.3 is 26.0 Å². The molecule has 1 fully saturated rings. The highest BCUT2D eigenvalue weighted by atomic mass is 19.1. The summed E-state index contributed by atoms with van der Waals surface area (Å²) in [5, 5.41) is 23.8. The molecule has 194 valence electrons. The lowest BCUT2D eigenvalue weighted by Crippen LogP contribution is -2.49. The minimum absolute atomic E-state index is 0.000437. The fraction of sp³-hybridized carbons (Fsp3) is 0.346. The zero-order valence-corrected chi connectivity index (χ0v) is 20.6. The minimum Gasteiger partial charge on any atom is -0.464 e. The summed E-state index contributed by atoms with van der Waals surface area (Å²) in [6.45, 7) is 3.49. The first-order valence-electron chi connectivity index (χ1n) is 11.7. The Bertz CT molecular complexity index is 1330. The van der Waals surface area contributed by atoms with Crippen molar-refractivity contribution >= 4 is 23.3 Å². The third kappa shape index (κ3) is 5.13. The molecule has 3 aromatic rings. The number of nitrogens with one attached hydrogen (secondary N) is 1. The molecular weight excluding hydrogens is 481 g/mol. The predicted molar refractivity (Wildman–Crippen MR) is 133 cm³/mol. The standard InChI is InChI=1S/C26H28FN5O5/c1-13-10-14(11-21(33)26(13,2)36)15-8-9-29-12-20(15)32-24(34)23-17(28)5-7-18(30-23)22-16(27)4-6-19(31-22)25(35)37-3/h4-9,12-14,21,33,36H,10-11,28H2,1-3H3,(H,32,34)/t13-,14+,21+,26+/m0/s1. The van der Waals surface area contributed by atoms with Crippen LogP contribution in [0.5, 0.6) is 0 Å². The number of carbonyl (C=O) groups excluding carboxylic acids is 2. The quantitative estimate of drug-likeness (QED) is 0.379. The van der Waals surface area contributed by atoms with E-state index >= 15 is 0 Å². The summed E-state index contributed by atoms with van der Waals surface area (Å²) in [6.07, 6.45) is 3.04. The molecule has 1 aliphatic rings. The Morgan fingerprint density at radius 3 is 2.65 bits per heavy atom. The first-order valence-corrected chi connectivity index (χ1v) is 11.7. The van der Waals surface area contributed by atoms with E-state index in [-0.39, 0.29) is 40.3 Å². The average Bonchev–Trinajstić information content (AvgIpc) is 2.87. The van der Waals surface area contributed by atoms with E-state index in [9.17, 15) is 24.2 Å². The molecule has 0 saturated heterocycles. The molecule has 4 rings (SSSR count). The highest BCUT2D eigenvalue weighted by Crippen LogP contribution is 2.43. The molecular formula is C26H28FN5O5. The van der Waals surface area contributed by atoms with Crippen LogP contribution in [0.1, 0.15) is 59.1 Å². The molecule has 4 atom stereocenters. The maximum atomic E-state index is 14.5. The number of nitrogens with two attached hydrogens (primary N) is 1. The minimum atomic E-state index is -1.21. The summed E-state index contributed by atoms with van der Waals surface area (Å²) in [6, 6.07) is 6.79. The van der Waals surface area contributed by atoms with Crippen LogP contribution in [0.3, 0.4) is 0 Å². The zero-order valence-electron chi connectivity index (χ0n) is 20.6. The molecule has 0 aliphatic heterocycles. The molecule has 0 unspecified atom stereocenters. The molecule has 1 aliphatic carbocycles. The van der Waals surface area contributed by atoms with Crippen molar-refractivity contribution in [1.29, 1.82) is 0 Å². The molecule has 0 aromatic carbocycles. The molecule has 3 heterocycles. The Hall–Kier alpha value is -3.96. The van der Waals surface area contributed by atoms with Gasteiger partial charge in [-0.3, -0.25) is 9.78 Å². The molecule has 10 nitrogen and oxygen atoms in total. The van der Waals surface area contributed by atoms with Crippen LogP contribution >= 0.6 is 0 Å². The fourth-order valence-corrected chi connectivity index (χ4v) is 4.52. The van der Waals surface area contributed by atoms with Crippen molar-refractivity contribution in [3.63, 3.8) is 0 Å². The molecule has 0 bridgehead atoms. The molecule has 3 aromatic heterocycles. The van der Waals surface area contributed by atoms with E-state index in [2.05, 4.69) is 25.0 Å². The van der Waals surface area contributed by atoms with Gasteiger partial charge in [-0.05, 0) is 67.5 Å². The topological polar surface area (TPSA) is 161 Å². The number of hydrogen-bond acceptors (Lipinski definition) is 9. The van der Waals surface area contributed by atoms with Crippen molar-refractivity contribution in [1.82, 2.24) is 15.0 Å². The number of carbonyl (C=O) groups is 2. The second kappa shape index (κ2) is 10.2. The van der Waals surface area contributed by atoms with E-state index in [0.717, 1.165) is 11.6 Å². The van der Waals surface area contributed by atoms with Crippen LogP contribution in [0.4, 0.5) is 15.8 Å². The fourth-order valence-electron chi connectivity index (χ4n) is 4.52. The number of pyridine rings is 3. The Balaban J connectivity index is 1.64. The maximum Gasteiger partial charge on any atom is 0.356 e. The SMILES string of the molecule is COC(=O)c1ccc(F)c(-c2ccc(N)c(C(=O)Nc3cnccc3[C@H]3C[C@@H](O)[C@](C)(O)[C@@H](C)C3)n2)n1. The van der Waals surface area contributed by atoms with Crippen LogP contribution in [0.2, 0.25) is 0 Å². The number of hydrogen-bond donors (Lipinski definition) is 4. The molecule has 1 amide bonds. The maximum absolute atomic E-state index is 14.5. The summed E-state index contributed by atoms with van der Waals surface area (Å²) < 4.78 is 19.2. The van der Waals surface area contributed by atoms with Crippen molar-refractivity contribution < 1.29 is 28.9 Å². The first kappa shape index (κ1) is 26.1. The number of aliphatic hydroxyl groups excluding tert-OH is 1. The molecule has 1 saturated carbocycles. The van der Waals surface area contributed by atoms with Crippen LogP contribution in [0, 0.1) is 11.7 Å². The smallest absolute Gasteiger partial charge is 0.356 e. The van der Waals surface area contributed by atoms with E-state index < -0.39 is 29.4 Å². The van der Waals surface area contributed by atoms with Gasteiger partial charge in [0.05, 0.1) is 42.1 Å². The van der Waals surface area contributed by atoms with Gasteiger partial charge in [0, 0.05) is 6.20 Å². The highest BCUT2D eigenvalue weighted by molar-refractivity contribution is 6.06. The number of halogens is 1. The van der Waals surface area contributed by atoms with Crippen LogP contribution in [0.25, 0.3) is 11.4 Å². The van der Waals surface area contributed by atoms with Crippen LogP contribution < -0.4 is 11.1 Å². The van der Waals surface area contributed by atoms with Crippen LogP contribution in [0.15, 0.2) is 42.7 Å². The van der Waals surface area contributed by atoms with E-state index in [1.54, 1.807) is 19.2 Å². The number of nitrogens with zero attached hydrogens (tertiary/aromatic N) is 3. The molecule has 0 radical (unpaired) electrons. The van der Waals surface area contributed by atoms with E-state index in [4.69, 9.17) is 5.73 Å². The molecule has 11 heteroatoms. The predicted octanol–water partition coefficient (Wildman–Crippen LogP) is 2.92. The summed E-state index contributed by atoms with van der Waals surface area (Å²) in [4.78, 5) is 37.4. The van der Waals surface area contributed by atoms with Gasteiger partial charge in [0.25, 0.3) is 5.91 Å². The normalized spacial score (nSPS) is 23.4. The van der Waals surface area contributed by atoms with Crippen LogP contribution in [-0.4, -0.2) is 55.9 Å². The van der Waals surface area contributed by atoms with Crippen molar-refractivity contribution in [3.8, 4) is 11.4 Å². The van der Waals surface area contributed by atoms with E-state index in [1.807, 2.05) is 6.92 Å². The van der Waals surface area contributed by atoms with Gasteiger partial charge >= 0.3 is 5.97 Å². The van der Waals surface area contributed by atoms with Gasteiger partial charge in [-0.15, -0.1) is 0 Å². The lowest BCUT2D eigenvalue weighted by molar-refractivity contribution is -0.123. The first-order chi connectivity index (χ1) is 17.5. The summed E-state index contributed by atoms with van der Waals surface area (Å²) in [7, 11) is 1.18. The Morgan fingerprint density at radius 1 is 1.19 bits per heavy atom. The lowest BCUT2D eigenvalue weighted by atomic mass is 9.69. The highest BCUT2D eigenvalue weighted by Gasteiger charge is 2.43. The third-order valence-electron chi connectivity index (χ3n) is 6.99. The van der Waals surface area contributed by atoms with Gasteiger partial charge in [-0.1, -0.05) is 6.92 Å². The van der Waals surface area contributed by atoms with Gasteiger partial charge in [-0.25, -0.2) is 19.2 Å². The number of esters is 1. The number of aliphatic hydroxyl groups is 2. The Labute approximate surface area is 212 Å². The number of nitrogen functional groups attached to an aromatic ring is 1. The monoisotopic (exact) mass is 509 g/mol. The molecule has 5 N–H and O–H groups in total. The van der Waals surface area contributed by atoms with E-state index in [0.29, 0.717) is 18.5 Å². The number of aromatic nitrogens is 3. The number of amides is 1. The van der Waals surface area contributed by atoms with Gasteiger partial charge in [0.15, 0.2) is 11.5 Å². The summed E-state index contributed by atoms with van der Waals surface area (Å²) in [5.74, 6) is -2.47.